The zero-order valence-electron chi connectivity index (χ0n) is 12.8. The third-order valence-corrected chi connectivity index (χ3v) is 3.49. The van der Waals surface area contributed by atoms with Gasteiger partial charge in [0.2, 0.25) is 5.91 Å². The van der Waals surface area contributed by atoms with Crippen molar-refractivity contribution in [1.29, 1.82) is 0 Å². The summed E-state index contributed by atoms with van der Waals surface area (Å²) in [7, 11) is 0. The first-order valence-corrected chi connectivity index (χ1v) is 7.33. The van der Waals surface area contributed by atoms with Crippen LogP contribution in [-0.2, 0) is 11.3 Å². The fourth-order valence-electron chi connectivity index (χ4n) is 2.37. The molecule has 0 atom stereocenters. The first kappa shape index (κ1) is 15.1. The van der Waals surface area contributed by atoms with Crippen LogP contribution in [0, 0.1) is 6.92 Å². The third-order valence-electron chi connectivity index (χ3n) is 3.49. The van der Waals surface area contributed by atoms with E-state index < -0.39 is 12.5 Å². The fraction of sp³-hybridized carbons (Fsp3) is 0.176. The molecule has 2 aromatic heterocycles. The van der Waals surface area contributed by atoms with E-state index in [2.05, 4.69) is 26.2 Å². The number of imidazole rings is 1. The first-order chi connectivity index (χ1) is 11.2. The van der Waals surface area contributed by atoms with Crippen molar-refractivity contribution < 1.29 is 9.90 Å². The number of amides is 1. The minimum atomic E-state index is -0.529. The lowest BCUT2D eigenvalue weighted by Crippen LogP contribution is -2.15. The molecule has 0 bridgehead atoms. The lowest BCUT2D eigenvalue weighted by molar-refractivity contribution is -0.118. The molecule has 6 nitrogen and oxygen atoms in total. The molecule has 0 aliphatic rings. The zero-order chi connectivity index (χ0) is 16.2. The van der Waals surface area contributed by atoms with E-state index in [1.165, 1.54) is 5.56 Å². The molecule has 0 spiro atoms. The van der Waals surface area contributed by atoms with Crippen molar-refractivity contribution in [1.82, 2.24) is 9.38 Å². The van der Waals surface area contributed by atoms with E-state index in [1.807, 2.05) is 43.5 Å². The van der Waals surface area contributed by atoms with Crippen molar-refractivity contribution in [3.8, 4) is 0 Å². The van der Waals surface area contributed by atoms with Crippen molar-refractivity contribution in [2.24, 2.45) is 0 Å². The number of benzene rings is 1. The number of anilines is 2. The van der Waals surface area contributed by atoms with Crippen LogP contribution in [0.5, 0.6) is 0 Å². The average Bonchev–Trinajstić information content (AvgIpc) is 2.95. The number of pyridine rings is 1. The molecule has 0 saturated carbocycles. The van der Waals surface area contributed by atoms with Crippen LogP contribution in [-0.4, -0.2) is 27.0 Å². The number of aromatic nitrogens is 2. The zero-order valence-corrected chi connectivity index (χ0v) is 12.8. The van der Waals surface area contributed by atoms with Gasteiger partial charge in [0.1, 0.15) is 12.3 Å². The highest BCUT2D eigenvalue weighted by atomic mass is 16.3. The molecule has 23 heavy (non-hydrogen) atoms. The topological polar surface area (TPSA) is 78.7 Å². The molecule has 0 aliphatic heterocycles. The van der Waals surface area contributed by atoms with Crippen LogP contribution in [0.1, 0.15) is 11.3 Å². The molecule has 1 aromatic carbocycles. The summed E-state index contributed by atoms with van der Waals surface area (Å²) in [6, 6.07) is 11.4. The molecule has 2 heterocycles. The Morgan fingerprint density at radius 3 is 2.91 bits per heavy atom. The summed E-state index contributed by atoms with van der Waals surface area (Å²) in [6.07, 6.45) is 3.90. The Kier molecular flexibility index (Phi) is 4.25. The molecule has 0 fully saturated rings. The average molecular weight is 310 g/mol. The predicted molar refractivity (Wildman–Crippen MR) is 89.4 cm³/mol. The lowest BCUT2D eigenvalue weighted by Gasteiger charge is -2.09. The number of carbonyl (C=O) groups excluding carboxylic acids is 1. The standard InChI is InChI=1S/C17H18N4O2/c1-12-5-6-16-19-9-15(21(16)10-12)8-18-13-3-2-4-14(7-13)20-17(23)11-22/h2-7,9-10,18,22H,8,11H2,1H3,(H,20,23). The van der Waals surface area contributed by atoms with Crippen LogP contribution in [0.3, 0.4) is 0 Å². The van der Waals surface area contributed by atoms with Gasteiger partial charge in [0.05, 0.1) is 18.4 Å². The highest BCUT2D eigenvalue weighted by molar-refractivity contribution is 5.91. The highest BCUT2D eigenvalue weighted by Gasteiger charge is 2.04. The molecule has 0 saturated heterocycles. The smallest absolute Gasteiger partial charge is 0.250 e. The van der Waals surface area contributed by atoms with Crippen LogP contribution >= 0.6 is 0 Å². The monoisotopic (exact) mass is 310 g/mol. The SMILES string of the molecule is Cc1ccc2ncc(CNc3cccc(NC(=O)CO)c3)n2c1. The highest BCUT2D eigenvalue weighted by Crippen LogP contribution is 2.16. The largest absolute Gasteiger partial charge is 0.387 e. The second-order valence-electron chi connectivity index (χ2n) is 5.32. The Morgan fingerprint density at radius 1 is 1.26 bits per heavy atom. The van der Waals surface area contributed by atoms with Crippen molar-refractivity contribution in [3.05, 3.63) is 60.0 Å². The van der Waals surface area contributed by atoms with E-state index in [-0.39, 0.29) is 0 Å². The summed E-state index contributed by atoms with van der Waals surface area (Å²) in [4.78, 5) is 15.6. The van der Waals surface area contributed by atoms with E-state index in [0.29, 0.717) is 12.2 Å². The third kappa shape index (κ3) is 3.49. The van der Waals surface area contributed by atoms with Gasteiger partial charge in [-0.2, -0.15) is 0 Å². The number of aliphatic hydroxyl groups excluding tert-OH is 1. The molecule has 3 N–H and O–H groups in total. The Hall–Kier alpha value is -2.86. The molecule has 6 heteroatoms. The van der Waals surface area contributed by atoms with Gasteiger partial charge in [0, 0.05) is 17.6 Å². The number of nitrogens with zero attached hydrogens (tertiary/aromatic N) is 2. The van der Waals surface area contributed by atoms with Gasteiger partial charge in [0.25, 0.3) is 0 Å². The molecule has 0 aliphatic carbocycles. The Bertz CT molecular complexity index is 841. The maximum absolute atomic E-state index is 11.2. The van der Waals surface area contributed by atoms with E-state index >= 15 is 0 Å². The Balaban J connectivity index is 1.73. The molecule has 3 rings (SSSR count). The van der Waals surface area contributed by atoms with Gasteiger partial charge in [-0.25, -0.2) is 4.98 Å². The summed E-state index contributed by atoms with van der Waals surface area (Å²) in [5, 5.41) is 14.7. The summed E-state index contributed by atoms with van der Waals surface area (Å²) in [6.45, 7) is 2.13. The molecular formula is C17H18N4O2. The van der Waals surface area contributed by atoms with E-state index in [0.717, 1.165) is 17.0 Å². The maximum atomic E-state index is 11.2. The van der Waals surface area contributed by atoms with Crippen LogP contribution in [0.4, 0.5) is 11.4 Å². The van der Waals surface area contributed by atoms with Gasteiger partial charge in [-0.15, -0.1) is 0 Å². The normalized spacial score (nSPS) is 10.7. The minimum absolute atomic E-state index is 0.431. The minimum Gasteiger partial charge on any atom is -0.387 e. The first-order valence-electron chi connectivity index (χ1n) is 7.33. The summed E-state index contributed by atoms with van der Waals surface area (Å²) < 4.78 is 2.06. The number of fused-ring (bicyclic) bond motifs is 1. The molecule has 118 valence electrons. The molecular weight excluding hydrogens is 292 g/mol. The number of carbonyl (C=O) groups is 1. The number of hydrogen-bond acceptors (Lipinski definition) is 4. The number of hydrogen-bond donors (Lipinski definition) is 3. The van der Waals surface area contributed by atoms with E-state index in [1.54, 1.807) is 6.07 Å². The van der Waals surface area contributed by atoms with Gasteiger partial charge in [-0.3, -0.25) is 4.79 Å². The predicted octanol–water partition coefficient (Wildman–Crippen LogP) is 2.19. The summed E-state index contributed by atoms with van der Waals surface area (Å²) >= 11 is 0. The van der Waals surface area contributed by atoms with E-state index in [9.17, 15) is 4.79 Å². The number of rotatable bonds is 5. The molecule has 1 amide bonds. The quantitative estimate of drug-likeness (QED) is 0.675. The van der Waals surface area contributed by atoms with Gasteiger partial charge < -0.3 is 20.1 Å². The second-order valence-corrected chi connectivity index (χ2v) is 5.32. The maximum Gasteiger partial charge on any atom is 0.250 e. The van der Waals surface area contributed by atoms with Crippen molar-refractivity contribution >= 4 is 22.9 Å². The Labute approximate surface area is 133 Å². The van der Waals surface area contributed by atoms with E-state index in [4.69, 9.17) is 5.11 Å². The van der Waals surface area contributed by atoms with Gasteiger partial charge in [-0.1, -0.05) is 12.1 Å². The van der Waals surface area contributed by atoms with Crippen molar-refractivity contribution in [2.45, 2.75) is 13.5 Å². The Morgan fingerprint density at radius 2 is 2.09 bits per heavy atom. The second kappa shape index (κ2) is 6.50. The lowest BCUT2D eigenvalue weighted by atomic mass is 10.2. The van der Waals surface area contributed by atoms with Crippen molar-refractivity contribution in [2.75, 3.05) is 17.2 Å². The summed E-state index contributed by atoms with van der Waals surface area (Å²) in [5.41, 5.74) is 4.65. The van der Waals surface area contributed by atoms with Crippen LogP contribution in [0.25, 0.3) is 5.65 Å². The number of aliphatic hydroxyl groups is 1. The van der Waals surface area contributed by atoms with Crippen LogP contribution in [0.2, 0.25) is 0 Å². The van der Waals surface area contributed by atoms with Crippen LogP contribution < -0.4 is 10.6 Å². The number of nitrogens with one attached hydrogen (secondary N) is 2. The molecule has 0 radical (unpaired) electrons. The van der Waals surface area contributed by atoms with Crippen molar-refractivity contribution in [3.63, 3.8) is 0 Å². The number of aryl methyl sites for hydroxylation is 1. The molecule has 3 aromatic rings. The molecule has 0 unspecified atom stereocenters. The van der Waals surface area contributed by atoms with Gasteiger partial charge in [-0.05, 0) is 36.8 Å². The van der Waals surface area contributed by atoms with Gasteiger partial charge >= 0.3 is 0 Å². The van der Waals surface area contributed by atoms with Crippen LogP contribution in [0.15, 0.2) is 48.8 Å². The fourth-order valence-corrected chi connectivity index (χ4v) is 2.37. The van der Waals surface area contributed by atoms with Gasteiger partial charge in [0.15, 0.2) is 0 Å². The summed E-state index contributed by atoms with van der Waals surface area (Å²) in [5.74, 6) is -0.431.